The van der Waals surface area contributed by atoms with E-state index in [4.69, 9.17) is 4.52 Å². The van der Waals surface area contributed by atoms with Crippen molar-refractivity contribution in [3.8, 4) is 0 Å². The molecule has 0 saturated carbocycles. The van der Waals surface area contributed by atoms with Gasteiger partial charge in [0.05, 0.1) is 5.69 Å². The standard InChI is InChI=1S/C18H21N3O3/c1-10(2)17-16(11(3)20-24-17)18(23)19-14-5-6-15-13(9-14)7-8-21(15)12(4)22/h5-6,9-10H,7-8H2,1-4H3,(H,19,23). The van der Waals surface area contributed by atoms with Gasteiger partial charge in [-0.05, 0) is 37.1 Å². The summed E-state index contributed by atoms with van der Waals surface area (Å²) < 4.78 is 5.28. The second-order valence-electron chi connectivity index (χ2n) is 6.38. The zero-order valence-electron chi connectivity index (χ0n) is 14.3. The minimum Gasteiger partial charge on any atom is -0.360 e. The van der Waals surface area contributed by atoms with Crippen LogP contribution in [0.15, 0.2) is 22.7 Å². The van der Waals surface area contributed by atoms with Crippen LogP contribution in [0.2, 0.25) is 0 Å². The zero-order chi connectivity index (χ0) is 17.4. The number of fused-ring (bicyclic) bond motifs is 1. The fraction of sp³-hybridized carbons (Fsp3) is 0.389. The van der Waals surface area contributed by atoms with Gasteiger partial charge < -0.3 is 14.7 Å². The van der Waals surface area contributed by atoms with E-state index in [1.54, 1.807) is 18.7 Å². The second kappa shape index (κ2) is 6.11. The lowest BCUT2D eigenvalue weighted by Gasteiger charge is -2.15. The second-order valence-corrected chi connectivity index (χ2v) is 6.38. The van der Waals surface area contributed by atoms with Crippen molar-refractivity contribution in [1.29, 1.82) is 0 Å². The molecule has 0 atom stereocenters. The first-order valence-electron chi connectivity index (χ1n) is 8.07. The largest absolute Gasteiger partial charge is 0.360 e. The van der Waals surface area contributed by atoms with E-state index in [1.165, 1.54) is 0 Å². The Balaban J connectivity index is 1.84. The number of aromatic nitrogens is 1. The van der Waals surface area contributed by atoms with Crippen molar-refractivity contribution < 1.29 is 14.1 Å². The molecule has 1 aromatic carbocycles. The highest BCUT2D eigenvalue weighted by Gasteiger charge is 2.25. The van der Waals surface area contributed by atoms with Crippen LogP contribution in [0.5, 0.6) is 0 Å². The van der Waals surface area contributed by atoms with Crippen LogP contribution >= 0.6 is 0 Å². The Morgan fingerprint density at radius 3 is 2.75 bits per heavy atom. The molecule has 1 aliphatic rings. The molecule has 1 N–H and O–H groups in total. The van der Waals surface area contributed by atoms with Gasteiger partial charge in [-0.2, -0.15) is 0 Å². The highest BCUT2D eigenvalue weighted by atomic mass is 16.5. The first-order chi connectivity index (χ1) is 11.4. The lowest BCUT2D eigenvalue weighted by molar-refractivity contribution is -0.116. The number of nitrogens with one attached hydrogen (secondary N) is 1. The zero-order valence-corrected chi connectivity index (χ0v) is 14.3. The van der Waals surface area contributed by atoms with E-state index >= 15 is 0 Å². The average molecular weight is 327 g/mol. The van der Waals surface area contributed by atoms with E-state index < -0.39 is 0 Å². The Kier molecular flexibility index (Phi) is 4.13. The molecule has 0 bridgehead atoms. The van der Waals surface area contributed by atoms with Crippen molar-refractivity contribution >= 4 is 23.2 Å². The van der Waals surface area contributed by atoms with Crippen molar-refractivity contribution in [3.63, 3.8) is 0 Å². The summed E-state index contributed by atoms with van der Waals surface area (Å²) in [7, 11) is 0. The lowest BCUT2D eigenvalue weighted by atomic mass is 10.0. The summed E-state index contributed by atoms with van der Waals surface area (Å²) in [6, 6.07) is 5.62. The van der Waals surface area contributed by atoms with Crippen molar-refractivity contribution in [3.05, 3.63) is 40.8 Å². The summed E-state index contributed by atoms with van der Waals surface area (Å²) in [5.74, 6) is 0.482. The smallest absolute Gasteiger partial charge is 0.261 e. The number of carbonyl (C=O) groups is 2. The lowest BCUT2D eigenvalue weighted by Crippen LogP contribution is -2.25. The van der Waals surface area contributed by atoms with Gasteiger partial charge in [-0.1, -0.05) is 19.0 Å². The molecule has 0 saturated heterocycles. The highest BCUT2D eigenvalue weighted by molar-refractivity contribution is 6.06. The van der Waals surface area contributed by atoms with Gasteiger partial charge in [0.25, 0.3) is 5.91 Å². The number of aryl methyl sites for hydroxylation is 1. The number of amides is 2. The van der Waals surface area contributed by atoms with Gasteiger partial charge in [0.2, 0.25) is 5.91 Å². The Morgan fingerprint density at radius 1 is 1.33 bits per heavy atom. The van der Waals surface area contributed by atoms with Crippen LogP contribution in [-0.2, 0) is 11.2 Å². The average Bonchev–Trinajstić information content (AvgIpc) is 3.10. The molecule has 24 heavy (non-hydrogen) atoms. The molecule has 6 nitrogen and oxygen atoms in total. The van der Waals surface area contributed by atoms with Crippen LogP contribution < -0.4 is 10.2 Å². The minimum absolute atomic E-state index is 0.0345. The molecular formula is C18H21N3O3. The summed E-state index contributed by atoms with van der Waals surface area (Å²) in [5.41, 5.74) is 3.77. The molecule has 2 amide bonds. The Hall–Kier alpha value is -2.63. The van der Waals surface area contributed by atoms with Crippen molar-refractivity contribution in [2.75, 3.05) is 16.8 Å². The van der Waals surface area contributed by atoms with Gasteiger partial charge in [0.1, 0.15) is 5.56 Å². The van der Waals surface area contributed by atoms with Gasteiger partial charge in [-0.15, -0.1) is 0 Å². The fourth-order valence-electron chi connectivity index (χ4n) is 3.06. The SMILES string of the molecule is CC(=O)N1CCc2cc(NC(=O)c3c(C)noc3C(C)C)ccc21. The van der Waals surface area contributed by atoms with E-state index in [9.17, 15) is 9.59 Å². The van der Waals surface area contributed by atoms with Crippen LogP contribution in [-0.4, -0.2) is 23.5 Å². The minimum atomic E-state index is -0.223. The Morgan fingerprint density at radius 2 is 2.08 bits per heavy atom. The van der Waals surface area contributed by atoms with E-state index in [-0.39, 0.29) is 17.7 Å². The fourth-order valence-corrected chi connectivity index (χ4v) is 3.06. The molecular weight excluding hydrogens is 306 g/mol. The maximum Gasteiger partial charge on any atom is 0.261 e. The summed E-state index contributed by atoms with van der Waals surface area (Å²) >= 11 is 0. The molecule has 0 unspecified atom stereocenters. The maximum atomic E-state index is 12.6. The van der Waals surface area contributed by atoms with Crippen LogP contribution in [0.4, 0.5) is 11.4 Å². The number of nitrogens with zero attached hydrogens (tertiary/aromatic N) is 2. The third-order valence-corrected chi connectivity index (χ3v) is 4.25. The number of carbonyl (C=O) groups excluding carboxylic acids is 2. The highest BCUT2D eigenvalue weighted by Crippen LogP contribution is 2.31. The molecule has 0 aliphatic carbocycles. The number of rotatable bonds is 3. The van der Waals surface area contributed by atoms with Crippen LogP contribution in [0.1, 0.15) is 54.1 Å². The van der Waals surface area contributed by atoms with Gasteiger partial charge in [0, 0.05) is 30.8 Å². The van der Waals surface area contributed by atoms with Crippen LogP contribution in [0.3, 0.4) is 0 Å². The molecule has 0 fully saturated rings. The van der Waals surface area contributed by atoms with Gasteiger partial charge in [-0.25, -0.2) is 0 Å². The molecule has 6 heteroatoms. The van der Waals surface area contributed by atoms with Gasteiger partial charge in [0.15, 0.2) is 5.76 Å². The molecule has 2 heterocycles. The monoisotopic (exact) mass is 327 g/mol. The first kappa shape index (κ1) is 16.2. The third kappa shape index (κ3) is 2.79. The molecule has 3 rings (SSSR count). The molecule has 0 radical (unpaired) electrons. The van der Waals surface area contributed by atoms with Gasteiger partial charge >= 0.3 is 0 Å². The molecule has 1 aliphatic heterocycles. The number of benzene rings is 1. The van der Waals surface area contributed by atoms with E-state index in [2.05, 4.69) is 10.5 Å². The normalized spacial score (nSPS) is 13.3. The summed E-state index contributed by atoms with van der Waals surface area (Å²) in [6.07, 6.45) is 0.794. The predicted molar refractivity (Wildman–Crippen MR) is 91.5 cm³/mol. The number of hydrogen-bond acceptors (Lipinski definition) is 4. The molecule has 126 valence electrons. The third-order valence-electron chi connectivity index (χ3n) is 4.25. The molecule has 1 aromatic heterocycles. The van der Waals surface area contributed by atoms with E-state index in [0.29, 0.717) is 29.2 Å². The Labute approximate surface area is 140 Å². The topological polar surface area (TPSA) is 75.4 Å². The number of anilines is 2. The predicted octanol–water partition coefficient (Wildman–Crippen LogP) is 3.27. The summed E-state index contributed by atoms with van der Waals surface area (Å²) in [5, 5.41) is 6.82. The van der Waals surface area contributed by atoms with Gasteiger partial charge in [-0.3, -0.25) is 9.59 Å². The maximum absolute atomic E-state index is 12.6. The quantitative estimate of drug-likeness (QED) is 0.939. The Bertz CT molecular complexity index is 808. The van der Waals surface area contributed by atoms with Crippen molar-refractivity contribution in [1.82, 2.24) is 5.16 Å². The number of hydrogen-bond donors (Lipinski definition) is 1. The van der Waals surface area contributed by atoms with E-state index in [1.807, 2.05) is 32.0 Å². The van der Waals surface area contributed by atoms with Crippen molar-refractivity contribution in [2.24, 2.45) is 0 Å². The summed E-state index contributed by atoms with van der Waals surface area (Å²) in [6.45, 7) is 7.93. The first-order valence-corrected chi connectivity index (χ1v) is 8.07. The van der Waals surface area contributed by atoms with E-state index in [0.717, 1.165) is 17.7 Å². The van der Waals surface area contributed by atoms with Crippen molar-refractivity contribution in [2.45, 2.75) is 40.0 Å². The molecule has 2 aromatic rings. The van der Waals surface area contributed by atoms with Crippen LogP contribution in [0.25, 0.3) is 0 Å². The van der Waals surface area contributed by atoms with Crippen LogP contribution in [0, 0.1) is 6.92 Å². The molecule has 0 spiro atoms. The summed E-state index contributed by atoms with van der Waals surface area (Å²) in [4.78, 5) is 26.0.